The van der Waals surface area contributed by atoms with E-state index in [2.05, 4.69) is 19.2 Å². The maximum absolute atomic E-state index is 3.99. The van der Waals surface area contributed by atoms with Gasteiger partial charge in [0.25, 0.3) is 0 Å². The number of hydrogen-bond donors (Lipinski definition) is 1. The van der Waals surface area contributed by atoms with Gasteiger partial charge in [0.2, 0.25) is 0 Å². The van der Waals surface area contributed by atoms with Crippen LogP contribution in [0.1, 0.15) is 149 Å². The van der Waals surface area contributed by atoms with Gasteiger partial charge in [-0.25, -0.2) is 0 Å². The lowest BCUT2D eigenvalue weighted by Crippen LogP contribution is -2.42. The van der Waals surface area contributed by atoms with Crippen molar-refractivity contribution in [3.05, 3.63) is 0 Å². The quantitative estimate of drug-likeness (QED) is 0.240. The second-order valence-corrected chi connectivity index (χ2v) is 9.02. The minimum absolute atomic E-state index is 0.836. The highest BCUT2D eigenvalue weighted by Gasteiger charge is 2.19. The largest absolute Gasteiger partial charge is 0.311 e. The molecule has 0 aromatic heterocycles. The SMILES string of the molecule is CCCCCCCCCC[C@@H]1CCC[C@H](CCCCCCCCCC)N1. The first kappa shape index (κ1) is 24.0. The predicted molar refractivity (Wildman–Crippen MR) is 119 cm³/mol. The molecule has 1 heteroatoms. The highest BCUT2D eigenvalue weighted by Crippen LogP contribution is 2.21. The van der Waals surface area contributed by atoms with E-state index in [0.29, 0.717) is 0 Å². The van der Waals surface area contributed by atoms with E-state index in [1.54, 1.807) is 0 Å². The molecule has 1 N–H and O–H groups in total. The van der Waals surface area contributed by atoms with Crippen LogP contribution in [0.15, 0.2) is 0 Å². The van der Waals surface area contributed by atoms with Crippen LogP contribution < -0.4 is 5.32 Å². The monoisotopic (exact) mass is 365 g/mol. The fourth-order valence-corrected chi connectivity index (χ4v) is 4.62. The van der Waals surface area contributed by atoms with Crippen LogP contribution in [0.3, 0.4) is 0 Å². The lowest BCUT2D eigenvalue weighted by Gasteiger charge is -2.31. The molecule has 0 saturated carbocycles. The molecule has 1 rings (SSSR count). The van der Waals surface area contributed by atoms with Gasteiger partial charge in [0, 0.05) is 12.1 Å². The van der Waals surface area contributed by atoms with Gasteiger partial charge in [-0.15, -0.1) is 0 Å². The third kappa shape index (κ3) is 14.1. The van der Waals surface area contributed by atoms with Crippen molar-refractivity contribution in [1.29, 1.82) is 0 Å². The molecule has 1 nitrogen and oxygen atoms in total. The molecule has 0 spiro atoms. The van der Waals surface area contributed by atoms with Crippen LogP contribution >= 0.6 is 0 Å². The molecule has 0 amide bonds. The maximum atomic E-state index is 3.99. The summed E-state index contributed by atoms with van der Waals surface area (Å²) in [6.07, 6.45) is 30.4. The van der Waals surface area contributed by atoms with Crippen LogP contribution in [0.4, 0.5) is 0 Å². The average molecular weight is 366 g/mol. The lowest BCUT2D eigenvalue weighted by molar-refractivity contribution is 0.285. The highest BCUT2D eigenvalue weighted by atomic mass is 15.0. The second kappa shape index (κ2) is 18.3. The molecule has 1 aliphatic rings. The topological polar surface area (TPSA) is 12.0 Å². The van der Waals surface area contributed by atoms with Gasteiger partial charge in [0.05, 0.1) is 0 Å². The van der Waals surface area contributed by atoms with Gasteiger partial charge < -0.3 is 5.32 Å². The molecule has 0 unspecified atom stereocenters. The van der Waals surface area contributed by atoms with E-state index in [0.717, 1.165) is 12.1 Å². The molecule has 26 heavy (non-hydrogen) atoms. The summed E-state index contributed by atoms with van der Waals surface area (Å²) in [5, 5.41) is 3.99. The van der Waals surface area contributed by atoms with Gasteiger partial charge >= 0.3 is 0 Å². The molecule has 2 atom stereocenters. The maximum Gasteiger partial charge on any atom is 0.00696 e. The van der Waals surface area contributed by atoms with Crippen LogP contribution in [-0.4, -0.2) is 12.1 Å². The van der Waals surface area contributed by atoms with E-state index in [1.807, 2.05) is 0 Å². The van der Waals surface area contributed by atoms with E-state index in [4.69, 9.17) is 0 Å². The van der Waals surface area contributed by atoms with E-state index in [9.17, 15) is 0 Å². The van der Waals surface area contributed by atoms with E-state index < -0.39 is 0 Å². The van der Waals surface area contributed by atoms with E-state index >= 15 is 0 Å². The van der Waals surface area contributed by atoms with Gasteiger partial charge in [-0.05, 0) is 25.7 Å². The van der Waals surface area contributed by atoms with Gasteiger partial charge in [-0.2, -0.15) is 0 Å². The number of piperidine rings is 1. The van der Waals surface area contributed by atoms with Crippen LogP contribution in [0.25, 0.3) is 0 Å². The van der Waals surface area contributed by atoms with Crippen LogP contribution in [0, 0.1) is 0 Å². The Labute approximate surface area is 166 Å². The van der Waals surface area contributed by atoms with Crippen molar-refractivity contribution >= 4 is 0 Å². The summed E-state index contributed by atoms with van der Waals surface area (Å²) in [7, 11) is 0. The Morgan fingerprint density at radius 3 is 1.23 bits per heavy atom. The van der Waals surface area contributed by atoms with Gasteiger partial charge in [-0.3, -0.25) is 0 Å². The Hall–Kier alpha value is -0.0400. The predicted octanol–water partition coefficient (Wildman–Crippen LogP) is 8.56. The zero-order valence-corrected chi connectivity index (χ0v) is 18.5. The van der Waals surface area contributed by atoms with Crippen molar-refractivity contribution in [2.24, 2.45) is 0 Å². The zero-order valence-electron chi connectivity index (χ0n) is 18.5. The Morgan fingerprint density at radius 1 is 0.500 bits per heavy atom. The molecular weight excluding hydrogens is 314 g/mol. The van der Waals surface area contributed by atoms with Crippen LogP contribution in [-0.2, 0) is 0 Å². The molecular formula is C25H51N. The molecule has 1 fully saturated rings. The minimum Gasteiger partial charge on any atom is -0.311 e. The van der Waals surface area contributed by atoms with Gasteiger partial charge in [0.1, 0.15) is 0 Å². The summed E-state index contributed by atoms with van der Waals surface area (Å²) in [4.78, 5) is 0. The van der Waals surface area contributed by atoms with Crippen LogP contribution in [0.5, 0.6) is 0 Å². The van der Waals surface area contributed by atoms with Crippen molar-refractivity contribution in [3.63, 3.8) is 0 Å². The van der Waals surface area contributed by atoms with Crippen molar-refractivity contribution in [3.8, 4) is 0 Å². The third-order valence-corrected chi connectivity index (χ3v) is 6.39. The fourth-order valence-electron chi connectivity index (χ4n) is 4.62. The molecule has 1 heterocycles. The number of nitrogens with one attached hydrogen (secondary N) is 1. The Bertz CT molecular complexity index is 249. The summed E-state index contributed by atoms with van der Waals surface area (Å²) < 4.78 is 0. The molecule has 0 aromatic rings. The molecule has 0 aromatic carbocycles. The smallest absolute Gasteiger partial charge is 0.00696 e. The molecule has 156 valence electrons. The Morgan fingerprint density at radius 2 is 0.846 bits per heavy atom. The van der Waals surface area contributed by atoms with Crippen LogP contribution in [0.2, 0.25) is 0 Å². The summed E-state index contributed by atoms with van der Waals surface area (Å²) in [5.74, 6) is 0. The first-order chi connectivity index (χ1) is 12.9. The lowest BCUT2D eigenvalue weighted by atomic mass is 9.92. The Balaban J connectivity index is 1.91. The van der Waals surface area contributed by atoms with Gasteiger partial charge in [0.15, 0.2) is 0 Å². The number of hydrogen-bond acceptors (Lipinski definition) is 1. The van der Waals surface area contributed by atoms with E-state index in [-0.39, 0.29) is 0 Å². The van der Waals surface area contributed by atoms with E-state index in [1.165, 1.54) is 135 Å². The summed E-state index contributed by atoms with van der Waals surface area (Å²) in [6.45, 7) is 4.61. The summed E-state index contributed by atoms with van der Waals surface area (Å²) in [6, 6.07) is 1.67. The van der Waals surface area contributed by atoms with Crippen molar-refractivity contribution in [2.75, 3.05) is 0 Å². The van der Waals surface area contributed by atoms with Crippen molar-refractivity contribution in [1.82, 2.24) is 5.32 Å². The highest BCUT2D eigenvalue weighted by molar-refractivity contribution is 4.80. The first-order valence-electron chi connectivity index (χ1n) is 12.6. The minimum atomic E-state index is 0.836. The third-order valence-electron chi connectivity index (χ3n) is 6.39. The normalized spacial score (nSPS) is 20.5. The molecule has 1 aliphatic heterocycles. The fraction of sp³-hybridized carbons (Fsp3) is 1.00. The Kier molecular flexibility index (Phi) is 16.9. The summed E-state index contributed by atoms with van der Waals surface area (Å²) >= 11 is 0. The summed E-state index contributed by atoms with van der Waals surface area (Å²) in [5.41, 5.74) is 0. The number of rotatable bonds is 18. The first-order valence-corrected chi connectivity index (χ1v) is 12.6. The van der Waals surface area contributed by atoms with Gasteiger partial charge in [-0.1, -0.05) is 123 Å². The molecule has 1 saturated heterocycles. The molecule has 0 aliphatic carbocycles. The average Bonchev–Trinajstić information content (AvgIpc) is 2.66. The standard InChI is InChI=1S/C25H51N/c1-3-5-7-9-11-13-15-17-20-24-22-19-23-25(26-24)21-18-16-14-12-10-8-6-4-2/h24-26H,3-23H2,1-2H3/t24-,25+. The molecule has 0 radical (unpaired) electrons. The number of unbranched alkanes of at least 4 members (excludes halogenated alkanes) is 14. The van der Waals surface area contributed by atoms with Crippen molar-refractivity contribution in [2.45, 2.75) is 161 Å². The van der Waals surface area contributed by atoms with Crippen molar-refractivity contribution < 1.29 is 0 Å². The zero-order chi connectivity index (χ0) is 18.7. The second-order valence-electron chi connectivity index (χ2n) is 9.02. The molecule has 0 bridgehead atoms.